The number of para-hydroxylation sites is 1. The number of nitrogens with one attached hydrogen (secondary N) is 1. The molecule has 0 aliphatic rings. The molecule has 128 valence electrons. The average Bonchev–Trinajstić information content (AvgIpc) is 3.05. The van der Waals surface area contributed by atoms with Crippen LogP contribution in [-0.4, -0.2) is 18.0 Å². The second-order valence-corrected chi connectivity index (χ2v) is 7.55. The lowest BCUT2D eigenvalue weighted by Crippen LogP contribution is -2.00. The van der Waals surface area contributed by atoms with Crippen molar-refractivity contribution in [2.45, 2.75) is 4.90 Å². The van der Waals surface area contributed by atoms with Gasteiger partial charge >= 0.3 is 0 Å². The molecular weight excluding hydrogens is 372 g/mol. The van der Waals surface area contributed by atoms with Crippen LogP contribution in [0.3, 0.4) is 0 Å². The molecule has 0 radical (unpaired) electrons. The zero-order valence-corrected chi connectivity index (χ0v) is 14.7. The summed E-state index contributed by atoms with van der Waals surface area (Å²) in [5.74, 6) is 0. The van der Waals surface area contributed by atoms with E-state index in [9.17, 15) is 13.0 Å². The molecule has 3 aromatic rings. The summed E-state index contributed by atoms with van der Waals surface area (Å²) < 4.78 is 33.2. The summed E-state index contributed by atoms with van der Waals surface area (Å²) in [6.45, 7) is 0. The number of benzene rings is 2. The number of thiazole rings is 1. The van der Waals surface area contributed by atoms with Crippen molar-refractivity contribution in [3.63, 3.8) is 0 Å². The number of fused-ring (bicyclic) bond motifs is 1. The molecule has 0 saturated carbocycles. The second kappa shape index (κ2) is 6.94. The lowest BCUT2D eigenvalue weighted by Gasteiger charge is -2.09. The number of hydrogen-bond acceptors (Lipinski definition) is 7. The van der Waals surface area contributed by atoms with Crippen LogP contribution < -0.4 is 5.32 Å². The Balaban J connectivity index is 2.17. The number of nitriles is 2. The first-order valence-electron chi connectivity index (χ1n) is 7.17. The van der Waals surface area contributed by atoms with Gasteiger partial charge in [0.05, 0.1) is 15.1 Å². The predicted octanol–water partition coefficient (Wildman–Crippen LogP) is 3.55. The third-order valence-corrected chi connectivity index (χ3v) is 5.35. The van der Waals surface area contributed by atoms with E-state index in [4.69, 9.17) is 10.5 Å². The molecule has 1 heterocycles. The van der Waals surface area contributed by atoms with Gasteiger partial charge in [0.15, 0.2) is 0 Å². The van der Waals surface area contributed by atoms with Crippen molar-refractivity contribution in [3.8, 4) is 22.7 Å². The molecular formula is C17H10N4O3S2. The van der Waals surface area contributed by atoms with Gasteiger partial charge in [-0.05, 0) is 30.3 Å². The number of anilines is 1. The number of aromatic nitrogens is 1. The fourth-order valence-corrected chi connectivity index (χ4v) is 3.72. The van der Waals surface area contributed by atoms with Crippen LogP contribution >= 0.6 is 11.3 Å². The van der Waals surface area contributed by atoms with Crippen molar-refractivity contribution in [3.05, 3.63) is 54.2 Å². The summed E-state index contributed by atoms with van der Waals surface area (Å²) in [5.41, 5.74) is 1.48. The molecule has 7 nitrogen and oxygen atoms in total. The zero-order valence-electron chi connectivity index (χ0n) is 13.0. The molecule has 9 heteroatoms. The van der Waals surface area contributed by atoms with Crippen LogP contribution in [0, 0.1) is 22.7 Å². The van der Waals surface area contributed by atoms with Gasteiger partial charge in [-0.1, -0.05) is 12.1 Å². The van der Waals surface area contributed by atoms with E-state index in [1.807, 2.05) is 24.3 Å². The highest BCUT2D eigenvalue weighted by Crippen LogP contribution is 2.36. The third-order valence-electron chi connectivity index (χ3n) is 3.43. The van der Waals surface area contributed by atoms with Crippen LogP contribution in [0.25, 0.3) is 20.8 Å². The van der Waals surface area contributed by atoms with Gasteiger partial charge in [-0.25, -0.2) is 4.98 Å². The van der Waals surface area contributed by atoms with Crippen molar-refractivity contribution >= 4 is 37.4 Å². The summed E-state index contributed by atoms with van der Waals surface area (Å²) in [7, 11) is -4.39. The Morgan fingerprint density at radius 3 is 2.58 bits per heavy atom. The van der Waals surface area contributed by atoms with E-state index in [2.05, 4.69) is 10.3 Å². The van der Waals surface area contributed by atoms with Crippen molar-refractivity contribution in [2.75, 3.05) is 5.32 Å². The Morgan fingerprint density at radius 2 is 1.92 bits per heavy atom. The van der Waals surface area contributed by atoms with E-state index in [0.29, 0.717) is 16.3 Å². The SMILES string of the molecule is N#CC(C#N)=CNc1ccc(S(=O)(=O)O)cc1-c1nc2ccccc2s1. The normalized spacial score (nSPS) is 10.7. The average molecular weight is 382 g/mol. The first-order chi connectivity index (χ1) is 12.4. The van der Waals surface area contributed by atoms with Crippen LogP contribution in [0.5, 0.6) is 0 Å². The van der Waals surface area contributed by atoms with Crippen molar-refractivity contribution in [1.82, 2.24) is 4.98 Å². The summed E-state index contributed by atoms with van der Waals surface area (Å²) in [6.07, 6.45) is 1.22. The number of hydrogen-bond donors (Lipinski definition) is 2. The second-order valence-electron chi connectivity index (χ2n) is 5.10. The summed E-state index contributed by atoms with van der Waals surface area (Å²) in [5, 5.41) is 21.0. The Labute approximate surface area is 153 Å². The fourth-order valence-electron chi connectivity index (χ4n) is 2.21. The number of rotatable bonds is 4. The molecule has 0 amide bonds. The van der Waals surface area contributed by atoms with E-state index in [0.717, 1.165) is 10.2 Å². The molecule has 0 unspecified atom stereocenters. The summed E-state index contributed by atoms with van der Waals surface area (Å²) >= 11 is 1.35. The van der Waals surface area contributed by atoms with E-state index in [-0.39, 0.29) is 10.5 Å². The van der Waals surface area contributed by atoms with Gasteiger partial charge in [-0.15, -0.1) is 11.3 Å². The molecule has 0 spiro atoms. The van der Waals surface area contributed by atoms with Crippen molar-refractivity contribution in [1.29, 1.82) is 10.5 Å². The zero-order chi connectivity index (χ0) is 18.7. The predicted molar refractivity (Wildman–Crippen MR) is 97.8 cm³/mol. The van der Waals surface area contributed by atoms with Crippen LogP contribution in [0.2, 0.25) is 0 Å². The molecule has 0 saturated heterocycles. The van der Waals surface area contributed by atoms with Gasteiger partial charge in [0.1, 0.15) is 22.7 Å². The maximum absolute atomic E-state index is 11.5. The molecule has 0 fully saturated rings. The van der Waals surface area contributed by atoms with Crippen LogP contribution in [0.4, 0.5) is 5.69 Å². The minimum absolute atomic E-state index is 0.140. The quantitative estimate of drug-likeness (QED) is 0.522. The highest BCUT2D eigenvalue weighted by Gasteiger charge is 2.16. The largest absolute Gasteiger partial charge is 0.359 e. The molecule has 2 aromatic carbocycles. The third kappa shape index (κ3) is 3.55. The monoisotopic (exact) mass is 382 g/mol. The van der Waals surface area contributed by atoms with E-state index >= 15 is 0 Å². The van der Waals surface area contributed by atoms with Gasteiger partial charge in [-0.2, -0.15) is 18.9 Å². The molecule has 1 aromatic heterocycles. The van der Waals surface area contributed by atoms with Crippen molar-refractivity contribution < 1.29 is 13.0 Å². The molecule has 0 aliphatic carbocycles. The number of allylic oxidation sites excluding steroid dienone is 1. The topological polar surface area (TPSA) is 127 Å². The highest BCUT2D eigenvalue weighted by atomic mass is 32.2. The maximum atomic E-state index is 11.5. The Bertz CT molecular complexity index is 1170. The molecule has 3 rings (SSSR count). The first kappa shape index (κ1) is 17.6. The summed E-state index contributed by atoms with van der Waals surface area (Å²) in [6, 6.07) is 14.8. The first-order valence-corrected chi connectivity index (χ1v) is 9.42. The molecule has 0 aliphatic heterocycles. The van der Waals surface area contributed by atoms with Gasteiger partial charge in [0, 0.05) is 17.5 Å². The summed E-state index contributed by atoms with van der Waals surface area (Å²) in [4.78, 5) is 4.21. The van der Waals surface area contributed by atoms with Gasteiger partial charge < -0.3 is 5.32 Å². The van der Waals surface area contributed by atoms with Gasteiger partial charge in [0.25, 0.3) is 10.1 Å². The lowest BCUT2D eigenvalue weighted by molar-refractivity contribution is 0.483. The number of nitrogens with zero attached hydrogens (tertiary/aromatic N) is 3. The van der Waals surface area contributed by atoms with E-state index in [1.165, 1.54) is 35.7 Å². The smallest absolute Gasteiger partial charge is 0.294 e. The van der Waals surface area contributed by atoms with Gasteiger partial charge in [0.2, 0.25) is 0 Å². The fraction of sp³-hybridized carbons (Fsp3) is 0. The Morgan fingerprint density at radius 1 is 1.19 bits per heavy atom. The maximum Gasteiger partial charge on any atom is 0.294 e. The Hall–Kier alpha value is -3.24. The van der Waals surface area contributed by atoms with Crippen molar-refractivity contribution in [2.24, 2.45) is 0 Å². The Kier molecular flexibility index (Phi) is 4.69. The van der Waals surface area contributed by atoms with E-state index < -0.39 is 10.1 Å². The molecule has 2 N–H and O–H groups in total. The minimum Gasteiger partial charge on any atom is -0.359 e. The lowest BCUT2D eigenvalue weighted by atomic mass is 10.2. The van der Waals surface area contributed by atoms with E-state index in [1.54, 1.807) is 12.1 Å². The minimum atomic E-state index is -4.39. The van der Waals surface area contributed by atoms with Crippen LogP contribution in [-0.2, 0) is 10.1 Å². The molecule has 26 heavy (non-hydrogen) atoms. The van der Waals surface area contributed by atoms with Gasteiger partial charge in [-0.3, -0.25) is 4.55 Å². The molecule has 0 atom stereocenters. The molecule has 0 bridgehead atoms. The highest BCUT2D eigenvalue weighted by molar-refractivity contribution is 7.85. The van der Waals surface area contributed by atoms with Crippen LogP contribution in [0.15, 0.2) is 59.1 Å². The standard InChI is InChI=1S/C17H10N4O3S2/c18-8-11(9-19)10-20-14-6-5-12(26(22,23)24)7-13(14)17-21-15-3-1-2-4-16(15)25-17/h1-7,10,20H,(H,22,23,24). The van der Waals surface area contributed by atoms with Crippen LogP contribution in [0.1, 0.15) is 0 Å².